The van der Waals surface area contributed by atoms with E-state index in [1.54, 1.807) is 12.4 Å². The molecular weight excluding hydrogens is 256 g/mol. The quantitative estimate of drug-likeness (QED) is 0.836. The molecule has 0 N–H and O–H groups in total. The van der Waals surface area contributed by atoms with E-state index >= 15 is 0 Å². The highest BCUT2D eigenvalue weighted by molar-refractivity contribution is 9.10. The van der Waals surface area contributed by atoms with Crippen molar-refractivity contribution in [1.82, 2.24) is 9.55 Å². The Morgan fingerprint density at radius 3 is 2.67 bits per heavy atom. The molecule has 0 aliphatic carbocycles. The zero-order valence-corrected chi connectivity index (χ0v) is 9.52. The van der Waals surface area contributed by atoms with Crippen molar-refractivity contribution in [1.29, 1.82) is 0 Å². The molecule has 15 heavy (non-hydrogen) atoms. The first-order valence-corrected chi connectivity index (χ1v) is 5.30. The lowest BCUT2D eigenvalue weighted by Gasteiger charge is -2.01. The van der Waals surface area contributed by atoms with E-state index in [0.29, 0.717) is 6.42 Å². The molecule has 1 heterocycles. The van der Waals surface area contributed by atoms with E-state index in [-0.39, 0.29) is 5.91 Å². The normalized spacial score (nSPS) is 10.2. The van der Waals surface area contributed by atoms with Crippen molar-refractivity contribution in [2.24, 2.45) is 0 Å². The van der Waals surface area contributed by atoms with Crippen molar-refractivity contribution in [2.45, 2.75) is 6.42 Å². The van der Waals surface area contributed by atoms with Crippen LogP contribution >= 0.6 is 15.9 Å². The maximum absolute atomic E-state index is 11.7. The summed E-state index contributed by atoms with van der Waals surface area (Å²) in [6.07, 6.45) is 5.16. The molecule has 0 aliphatic rings. The van der Waals surface area contributed by atoms with Crippen molar-refractivity contribution in [2.75, 3.05) is 0 Å². The van der Waals surface area contributed by atoms with Gasteiger partial charge in [0, 0.05) is 16.9 Å². The van der Waals surface area contributed by atoms with E-state index in [1.807, 2.05) is 24.3 Å². The second-order valence-electron chi connectivity index (χ2n) is 3.17. The van der Waals surface area contributed by atoms with Crippen LogP contribution in [-0.2, 0) is 6.42 Å². The molecule has 1 aromatic heterocycles. The van der Waals surface area contributed by atoms with Gasteiger partial charge in [0.15, 0.2) is 0 Å². The molecule has 0 saturated carbocycles. The summed E-state index contributed by atoms with van der Waals surface area (Å²) >= 11 is 3.35. The number of benzene rings is 1. The van der Waals surface area contributed by atoms with Crippen molar-refractivity contribution >= 4 is 21.8 Å². The maximum Gasteiger partial charge on any atom is 0.236 e. The highest BCUT2D eigenvalue weighted by Crippen LogP contribution is 2.11. The summed E-state index contributed by atoms with van der Waals surface area (Å²) < 4.78 is 2.50. The van der Waals surface area contributed by atoms with Gasteiger partial charge in [0.1, 0.15) is 6.33 Å². The molecule has 76 valence electrons. The minimum absolute atomic E-state index is 0.0230. The molecule has 0 atom stereocenters. The van der Waals surface area contributed by atoms with Gasteiger partial charge in [-0.3, -0.25) is 9.36 Å². The van der Waals surface area contributed by atoms with Gasteiger partial charge in [0.25, 0.3) is 0 Å². The third-order valence-corrected chi connectivity index (χ3v) is 2.59. The molecule has 0 bridgehead atoms. The topological polar surface area (TPSA) is 34.9 Å². The van der Waals surface area contributed by atoms with Crippen LogP contribution in [0.1, 0.15) is 10.4 Å². The average Bonchev–Trinajstić information content (AvgIpc) is 2.74. The van der Waals surface area contributed by atoms with Crippen LogP contribution in [-0.4, -0.2) is 15.5 Å². The highest BCUT2D eigenvalue weighted by Gasteiger charge is 2.04. The molecule has 3 nitrogen and oxygen atoms in total. The summed E-state index contributed by atoms with van der Waals surface area (Å²) in [5.41, 5.74) is 0.997. The first-order chi connectivity index (χ1) is 7.25. The lowest BCUT2D eigenvalue weighted by atomic mass is 10.1. The third kappa shape index (κ3) is 2.53. The molecule has 0 amide bonds. The number of carbonyl (C=O) groups is 1. The number of halogens is 1. The summed E-state index contributed by atoms with van der Waals surface area (Å²) in [6, 6.07) is 7.71. The third-order valence-electron chi connectivity index (χ3n) is 2.06. The fourth-order valence-electron chi connectivity index (χ4n) is 1.27. The molecule has 2 aromatic rings. The Balaban J connectivity index is 2.09. The summed E-state index contributed by atoms with van der Waals surface area (Å²) in [5, 5.41) is 0. The van der Waals surface area contributed by atoms with Crippen molar-refractivity contribution in [3.8, 4) is 0 Å². The van der Waals surface area contributed by atoms with Gasteiger partial charge in [-0.2, -0.15) is 0 Å². The van der Waals surface area contributed by atoms with Crippen LogP contribution in [0.5, 0.6) is 0 Å². The molecule has 0 radical (unpaired) electrons. The van der Waals surface area contributed by atoms with Crippen molar-refractivity contribution in [3.63, 3.8) is 0 Å². The lowest BCUT2D eigenvalue weighted by Crippen LogP contribution is -2.11. The van der Waals surface area contributed by atoms with E-state index in [1.165, 1.54) is 10.9 Å². The Morgan fingerprint density at radius 2 is 2.07 bits per heavy atom. The minimum Gasteiger partial charge on any atom is -0.276 e. The molecule has 1 aromatic carbocycles. The lowest BCUT2D eigenvalue weighted by molar-refractivity contribution is 0.0914. The smallest absolute Gasteiger partial charge is 0.236 e. The first-order valence-electron chi connectivity index (χ1n) is 4.51. The fraction of sp³-hybridized carbons (Fsp3) is 0.0909. The fourth-order valence-corrected chi connectivity index (χ4v) is 1.54. The van der Waals surface area contributed by atoms with Crippen molar-refractivity contribution < 1.29 is 4.79 Å². The Bertz CT molecular complexity index is 448. The largest absolute Gasteiger partial charge is 0.276 e. The van der Waals surface area contributed by atoms with Gasteiger partial charge >= 0.3 is 0 Å². The Hall–Kier alpha value is -1.42. The molecule has 0 aliphatic heterocycles. The number of hydrogen-bond donors (Lipinski definition) is 0. The number of nitrogens with zero attached hydrogens (tertiary/aromatic N) is 2. The van der Waals surface area contributed by atoms with Crippen molar-refractivity contribution in [3.05, 3.63) is 53.0 Å². The summed E-state index contributed by atoms with van der Waals surface area (Å²) in [7, 11) is 0. The zero-order chi connectivity index (χ0) is 10.7. The standard InChI is InChI=1S/C11H9BrN2O/c12-10-3-1-9(2-4-10)7-11(15)14-6-5-13-8-14/h1-6,8H,7H2. The molecule has 4 heteroatoms. The summed E-state index contributed by atoms with van der Waals surface area (Å²) in [6.45, 7) is 0. The number of imidazole rings is 1. The Kier molecular flexibility index (Phi) is 2.97. The van der Waals surface area contributed by atoms with Gasteiger partial charge < -0.3 is 0 Å². The van der Waals surface area contributed by atoms with Crippen LogP contribution in [0, 0.1) is 0 Å². The first kappa shape index (κ1) is 10.1. The molecule has 0 fully saturated rings. The van der Waals surface area contributed by atoms with Gasteiger partial charge in [-0.05, 0) is 17.7 Å². The zero-order valence-electron chi connectivity index (χ0n) is 7.93. The minimum atomic E-state index is 0.0230. The van der Waals surface area contributed by atoms with Crippen LogP contribution in [0.4, 0.5) is 0 Å². The summed E-state index contributed by atoms with van der Waals surface area (Å²) in [4.78, 5) is 15.5. The van der Waals surface area contributed by atoms with E-state index in [2.05, 4.69) is 20.9 Å². The predicted molar refractivity (Wildman–Crippen MR) is 60.7 cm³/mol. The number of rotatable bonds is 2. The SMILES string of the molecule is O=C(Cc1ccc(Br)cc1)n1ccnc1. The van der Waals surface area contributed by atoms with Crippen LogP contribution in [0.15, 0.2) is 47.5 Å². The Morgan fingerprint density at radius 1 is 1.33 bits per heavy atom. The van der Waals surface area contributed by atoms with Gasteiger partial charge in [0.05, 0.1) is 6.42 Å². The van der Waals surface area contributed by atoms with E-state index < -0.39 is 0 Å². The van der Waals surface area contributed by atoms with Gasteiger partial charge in [-0.15, -0.1) is 0 Å². The molecule has 0 saturated heterocycles. The average molecular weight is 265 g/mol. The van der Waals surface area contributed by atoms with Gasteiger partial charge in [0.2, 0.25) is 5.91 Å². The predicted octanol–water partition coefficient (Wildman–Crippen LogP) is 2.53. The maximum atomic E-state index is 11.7. The van der Waals surface area contributed by atoms with Crippen LogP contribution in [0.2, 0.25) is 0 Å². The number of aromatic nitrogens is 2. The highest BCUT2D eigenvalue weighted by atomic mass is 79.9. The van der Waals surface area contributed by atoms with E-state index in [0.717, 1.165) is 10.0 Å². The second-order valence-corrected chi connectivity index (χ2v) is 4.08. The number of carbonyl (C=O) groups excluding carboxylic acids is 1. The van der Waals surface area contributed by atoms with Crippen LogP contribution in [0.3, 0.4) is 0 Å². The van der Waals surface area contributed by atoms with Crippen LogP contribution in [0.25, 0.3) is 0 Å². The second kappa shape index (κ2) is 4.40. The Labute approximate surface area is 95.9 Å². The van der Waals surface area contributed by atoms with Crippen LogP contribution < -0.4 is 0 Å². The van der Waals surface area contributed by atoms with Gasteiger partial charge in [-0.25, -0.2) is 4.98 Å². The van der Waals surface area contributed by atoms with Gasteiger partial charge in [-0.1, -0.05) is 28.1 Å². The monoisotopic (exact) mass is 264 g/mol. The summed E-state index contributed by atoms with van der Waals surface area (Å²) in [5.74, 6) is 0.0230. The molecule has 0 spiro atoms. The van der Waals surface area contributed by atoms with E-state index in [4.69, 9.17) is 0 Å². The van der Waals surface area contributed by atoms with E-state index in [9.17, 15) is 4.79 Å². The molecule has 2 rings (SSSR count). The molecular formula is C11H9BrN2O. The number of hydrogen-bond acceptors (Lipinski definition) is 2. The molecule has 0 unspecified atom stereocenters.